The third-order valence-corrected chi connectivity index (χ3v) is 4.27. The van der Waals surface area contributed by atoms with E-state index in [0.717, 1.165) is 42.7 Å². The number of rotatable bonds is 17. The van der Waals surface area contributed by atoms with Crippen molar-refractivity contribution in [1.29, 1.82) is 0 Å². The summed E-state index contributed by atoms with van der Waals surface area (Å²) in [7, 11) is 0. The highest BCUT2D eigenvalue weighted by atomic mass is 16.5. The van der Waals surface area contributed by atoms with Gasteiger partial charge >= 0.3 is 0 Å². The Bertz CT molecular complexity index is 456. The molecule has 0 aliphatic heterocycles. The van der Waals surface area contributed by atoms with Crippen LogP contribution in [0.3, 0.4) is 0 Å². The molecule has 0 atom stereocenters. The first-order valence-corrected chi connectivity index (χ1v) is 10.0. The lowest BCUT2D eigenvalue weighted by Crippen LogP contribution is -2.01. The molecule has 0 aromatic heterocycles. The van der Waals surface area contributed by atoms with E-state index in [2.05, 4.69) is 13.2 Å². The van der Waals surface area contributed by atoms with Gasteiger partial charge in [0.25, 0.3) is 0 Å². The monoisotopic (exact) mass is 360 g/mol. The minimum absolute atomic E-state index is 0.00331. The molecule has 0 radical (unpaired) electrons. The number of ether oxygens (including phenoxy) is 2. The van der Waals surface area contributed by atoms with Crippen LogP contribution in [0.15, 0.2) is 43.5 Å². The van der Waals surface area contributed by atoms with Crippen molar-refractivity contribution in [2.45, 2.75) is 70.8 Å². The molecule has 1 rings (SSSR count). The minimum Gasteiger partial charge on any atom is -0.493 e. The first-order valence-electron chi connectivity index (χ1n) is 10.0. The van der Waals surface area contributed by atoms with E-state index < -0.39 is 0 Å². The lowest BCUT2D eigenvalue weighted by molar-refractivity contribution is 0.271. The second-order valence-electron chi connectivity index (χ2n) is 6.65. The fourth-order valence-corrected chi connectivity index (χ4v) is 2.76. The summed E-state index contributed by atoms with van der Waals surface area (Å²) < 4.78 is 11.7. The molecule has 0 heterocycles. The maximum absolute atomic E-state index is 9.44. The second-order valence-corrected chi connectivity index (χ2v) is 6.65. The first kappa shape index (κ1) is 22.3. The summed E-state index contributed by atoms with van der Waals surface area (Å²) >= 11 is 0. The summed E-state index contributed by atoms with van der Waals surface area (Å²) in [6.45, 7) is 8.88. The van der Waals surface area contributed by atoms with E-state index in [9.17, 15) is 5.11 Å². The normalized spacial score (nSPS) is 10.5. The Balaban J connectivity index is 2.30. The number of unbranched alkanes of at least 4 members (excludes halogenated alkanes) is 8. The number of allylic oxidation sites excluding steroid dienone is 2. The summed E-state index contributed by atoms with van der Waals surface area (Å²) in [6, 6.07) is 5.70. The third-order valence-electron chi connectivity index (χ3n) is 4.27. The van der Waals surface area contributed by atoms with E-state index in [0.29, 0.717) is 13.2 Å². The highest BCUT2D eigenvalue weighted by Crippen LogP contribution is 2.24. The van der Waals surface area contributed by atoms with Crippen molar-refractivity contribution in [3.05, 3.63) is 49.1 Å². The van der Waals surface area contributed by atoms with Crippen LogP contribution in [0.25, 0.3) is 0 Å². The van der Waals surface area contributed by atoms with Gasteiger partial charge < -0.3 is 14.6 Å². The van der Waals surface area contributed by atoms with Crippen molar-refractivity contribution < 1.29 is 14.6 Å². The molecule has 1 aromatic rings. The predicted molar refractivity (Wildman–Crippen MR) is 110 cm³/mol. The molecule has 0 spiro atoms. The van der Waals surface area contributed by atoms with Crippen LogP contribution in [0.1, 0.15) is 69.8 Å². The van der Waals surface area contributed by atoms with Crippen LogP contribution in [0.2, 0.25) is 0 Å². The molecular weight excluding hydrogens is 324 g/mol. The van der Waals surface area contributed by atoms with Gasteiger partial charge in [0.1, 0.15) is 11.5 Å². The SMILES string of the molecule is C=CCCCCCCOc1cc(CO)cc(OCCCCCCC=C)c1. The average Bonchev–Trinajstić information content (AvgIpc) is 2.66. The van der Waals surface area contributed by atoms with Gasteiger partial charge in [0.15, 0.2) is 0 Å². The average molecular weight is 361 g/mol. The molecule has 0 saturated carbocycles. The van der Waals surface area contributed by atoms with Crippen LogP contribution < -0.4 is 9.47 Å². The van der Waals surface area contributed by atoms with Crippen molar-refractivity contribution in [3.63, 3.8) is 0 Å². The Kier molecular flexibility index (Phi) is 13.3. The van der Waals surface area contributed by atoms with Crippen LogP contribution in [-0.4, -0.2) is 18.3 Å². The second kappa shape index (κ2) is 15.5. The van der Waals surface area contributed by atoms with E-state index in [1.54, 1.807) is 0 Å². The van der Waals surface area contributed by atoms with Crippen molar-refractivity contribution >= 4 is 0 Å². The fourth-order valence-electron chi connectivity index (χ4n) is 2.76. The summed E-state index contributed by atoms with van der Waals surface area (Å²) in [5, 5.41) is 9.44. The fraction of sp³-hybridized carbons (Fsp3) is 0.565. The van der Waals surface area contributed by atoms with Gasteiger partial charge in [-0.1, -0.05) is 37.8 Å². The van der Waals surface area contributed by atoms with Crippen LogP contribution >= 0.6 is 0 Å². The Morgan fingerprint density at radius 2 is 1.15 bits per heavy atom. The molecule has 1 aromatic carbocycles. The van der Waals surface area contributed by atoms with Gasteiger partial charge in [-0.25, -0.2) is 0 Å². The number of aliphatic hydroxyl groups excluding tert-OH is 1. The lowest BCUT2D eigenvalue weighted by Gasteiger charge is -2.12. The standard InChI is InChI=1S/C23H36O3/c1-3-5-7-9-11-13-15-25-22-17-21(20-24)18-23(19-22)26-16-14-12-10-8-6-4-2/h3-4,17-19,24H,1-2,5-16,20H2. The molecule has 3 heteroatoms. The number of benzene rings is 1. The van der Waals surface area contributed by atoms with Crippen molar-refractivity contribution in [2.75, 3.05) is 13.2 Å². The van der Waals surface area contributed by atoms with Gasteiger partial charge in [-0.05, 0) is 56.2 Å². The number of aliphatic hydroxyl groups is 1. The largest absolute Gasteiger partial charge is 0.493 e. The van der Waals surface area contributed by atoms with Crippen LogP contribution in [0.4, 0.5) is 0 Å². The van der Waals surface area contributed by atoms with Gasteiger partial charge in [-0.2, -0.15) is 0 Å². The lowest BCUT2D eigenvalue weighted by atomic mass is 10.1. The maximum atomic E-state index is 9.44. The highest BCUT2D eigenvalue weighted by Gasteiger charge is 2.03. The molecule has 0 aliphatic carbocycles. The molecule has 0 unspecified atom stereocenters. The van der Waals surface area contributed by atoms with Crippen molar-refractivity contribution in [1.82, 2.24) is 0 Å². The number of hydrogen-bond acceptors (Lipinski definition) is 3. The summed E-state index contributed by atoms with van der Waals surface area (Å²) in [6.07, 6.45) is 15.4. The first-order chi connectivity index (χ1) is 12.8. The number of hydrogen-bond donors (Lipinski definition) is 1. The molecule has 1 N–H and O–H groups in total. The van der Waals surface area contributed by atoms with E-state index in [1.165, 1.54) is 38.5 Å². The summed E-state index contributed by atoms with van der Waals surface area (Å²) in [5.41, 5.74) is 0.828. The van der Waals surface area contributed by atoms with Gasteiger partial charge in [-0.3, -0.25) is 0 Å². The molecule has 26 heavy (non-hydrogen) atoms. The van der Waals surface area contributed by atoms with E-state index in [4.69, 9.17) is 9.47 Å². The smallest absolute Gasteiger partial charge is 0.123 e. The third kappa shape index (κ3) is 11.0. The van der Waals surface area contributed by atoms with Crippen LogP contribution in [0.5, 0.6) is 11.5 Å². The molecule has 0 saturated heterocycles. The topological polar surface area (TPSA) is 38.7 Å². The summed E-state index contributed by atoms with van der Waals surface area (Å²) in [5.74, 6) is 1.56. The predicted octanol–water partition coefficient (Wildman–Crippen LogP) is 6.21. The molecule has 0 fully saturated rings. The maximum Gasteiger partial charge on any atom is 0.123 e. The van der Waals surface area contributed by atoms with Crippen molar-refractivity contribution in [3.8, 4) is 11.5 Å². The zero-order chi connectivity index (χ0) is 18.9. The Hall–Kier alpha value is -1.74. The molecule has 3 nitrogen and oxygen atoms in total. The van der Waals surface area contributed by atoms with E-state index in [1.807, 2.05) is 30.4 Å². The Morgan fingerprint density at radius 3 is 1.58 bits per heavy atom. The highest BCUT2D eigenvalue weighted by molar-refractivity contribution is 5.38. The Labute approximate surface area is 159 Å². The Morgan fingerprint density at radius 1 is 0.692 bits per heavy atom. The molecule has 0 bridgehead atoms. The van der Waals surface area contributed by atoms with Gasteiger partial charge in [-0.15, -0.1) is 13.2 Å². The van der Waals surface area contributed by atoms with Crippen LogP contribution in [0, 0.1) is 0 Å². The minimum atomic E-state index is -0.00331. The quantitative estimate of drug-likeness (QED) is 0.265. The molecule has 0 amide bonds. The van der Waals surface area contributed by atoms with Gasteiger partial charge in [0.05, 0.1) is 19.8 Å². The molecular formula is C23H36O3. The van der Waals surface area contributed by atoms with Crippen molar-refractivity contribution in [2.24, 2.45) is 0 Å². The molecule has 0 aliphatic rings. The van der Waals surface area contributed by atoms with Gasteiger partial charge in [0.2, 0.25) is 0 Å². The summed E-state index contributed by atoms with van der Waals surface area (Å²) in [4.78, 5) is 0. The van der Waals surface area contributed by atoms with E-state index in [-0.39, 0.29) is 6.61 Å². The van der Waals surface area contributed by atoms with E-state index >= 15 is 0 Å². The molecule has 146 valence electrons. The zero-order valence-corrected chi connectivity index (χ0v) is 16.3. The van der Waals surface area contributed by atoms with Gasteiger partial charge in [0, 0.05) is 6.07 Å². The van der Waals surface area contributed by atoms with Crippen LogP contribution in [-0.2, 0) is 6.61 Å². The zero-order valence-electron chi connectivity index (χ0n) is 16.3.